The first kappa shape index (κ1) is 12.7. The third kappa shape index (κ3) is 2.27. The SMILES string of the molecule is COc1ccc(C)cc1C(N)c1cc2sccc2s1. The molecule has 0 aliphatic carbocycles. The summed E-state index contributed by atoms with van der Waals surface area (Å²) >= 11 is 3.52. The lowest BCUT2D eigenvalue weighted by Crippen LogP contribution is -2.11. The summed E-state index contributed by atoms with van der Waals surface area (Å²) in [5.41, 5.74) is 8.67. The van der Waals surface area contributed by atoms with Crippen LogP contribution >= 0.6 is 22.7 Å². The van der Waals surface area contributed by atoms with E-state index in [-0.39, 0.29) is 6.04 Å². The molecule has 2 N–H and O–H groups in total. The van der Waals surface area contributed by atoms with E-state index in [2.05, 4.69) is 30.5 Å². The maximum atomic E-state index is 6.42. The summed E-state index contributed by atoms with van der Waals surface area (Å²) in [5, 5.41) is 2.11. The minimum Gasteiger partial charge on any atom is -0.496 e. The Bertz CT molecular complexity index is 685. The van der Waals surface area contributed by atoms with Gasteiger partial charge >= 0.3 is 0 Å². The van der Waals surface area contributed by atoms with Gasteiger partial charge < -0.3 is 10.5 Å². The summed E-state index contributed by atoms with van der Waals surface area (Å²) in [6, 6.07) is 10.4. The van der Waals surface area contributed by atoms with Gasteiger partial charge in [-0.15, -0.1) is 22.7 Å². The van der Waals surface area contributed by atoms with E-state index in [4.69, 9.17) is 10.5 Å². The van der Waals surface area contributed by atoms with Gasteiger partial charge in [-0.05, 0) is 30.5 Å². The van der Waals surface area contributed by atoms with Crippen LogP contribution in [0.15, 0.2) is 35.7 Å². The number of thiophene rings is 2. The standard InChI is InChI=1S/C15H15NOS2/c1-9-3-4-11(17-2)10(7-9)15(16)14-8-13-12(19-14)5-6-18-13/h3-8,15H,16H2,1-2H3. The molecule has 0 aliphatic rings. The Kier molecular flexibility index (Phi) is 3.31. The van der Waals surface area contributed by atoms with E-state index >= 15 is 0 Å². The average molecular weight is 289 g/mol. The maximum Gasteiger partial charge on any atom is 0.124 e. The quantitative estimate of drug-likeness (QED) is 0.779. The van der Waals surface area contributed by atoms with Crippen LogP contribution < -0.4 is 10.5 Å². The number of rotatable bonds is 3. The Labute approximate surface area is 120 Å². The number of methoxy groups -OCH3 is 1. The van der Waals surface area contributed by atoms with Crippen LogP contribution in [-0.2, 0) is 0 Å². The lowest BCUT2D eigenvalue weighted by atomic mass is 10.0. The smallest absolute Gasteiger partial charge is 0.124 e. The van der Waals surface area contributed by atoms with Gasteiger partial charge in [0, 0.05) is 19.8 Å². The molecule has 1 atom stereocenters. The lowest BCUT2D eigenvalue weighted by Gasteiger charge is -2.15. The van der Waals surface area contributed by atoms with Crippen molar-refractivity contribution in [2.24, 2.45) is 5.73 Å². The summed E-state index contributed by atoms with van der Waals surface area (Å²) < 4.78 is 8.04. The second-order valence-electron chi connectivity index (χ2n) is 4.52. The van der Waals surface area contributed by atoms with Crippen LogP contribution in [0.4, 0.5) is 0 Å². The molecule has 0 saturated heterocycles. The minimum atomic E-state index is -0.126. The van der Waals surface area contributed by atoms with Crippen molar-refractivity contribution in [3.8, 4) is 5.75 Å². The van der Waals surface area contributed by atoms with Gasteiger partial charge in [0.15, 0.2) is 0 Å². The van der Waals surface area contributed by atoms with Crippen LogP contribution in [0.3, 0.4) is 0 Å². The minimum absolute atomic E-state index is 0.126. The van der Waals surface area contributed by atoms with E-state index in [0.29, 0.717) is 0 Å². The lowest BCUT2D eigenvalue weighted by molar-refractivity contribution is 0.408. The van der Waals surface area contributed by atoms with E-state index in [9.17, 15) is 0 Å². The molecular formula is C15H15NOS2. The predicted octanol–water partition coefficient (Wildman–Crippen LogP) is 4.33. The molecule has 0 amide bonds. The monoisotopic (exact) mass is 289 g/mol. The molecule has 2 aromatic heterocycles. The molecule has 0 spiro atoms. The van der Waals surface area contributed by atoms with Crippen LogP contribution in [0, 0.1) is 6.92 Å². The Hall–Kier alpha value is -1.36. The number of aryl methyl sites for hydroxylation is 1. The van der Waals surface area contributed by atoms with Crippen molar-refractivity contribution < 1.29 is 4.74 Å². The first-order chi connectivity index (χ1) is 9.19. The largest absolute Gasteiger partial charge is 0.496 e. The third-order valence-electron chi connectivity index (χ3n) is 3.19. The zero-order valence-electron chi connectivity index (χ0n) is 10.8. The Morgan fingerprint density at radius 1 is 1.16 bits per heavy atom. The number of hydrogen-bond acceptors (Lipinski definition) is 4. The predicted molar refractivity (Wildman–Crippen MR) is 83.5 cm³/mol. The highest BCUT2D eigenvalue weighted by Gasteiger charge is 2.17. The van der Waals surface area contributed by atoms with Crippen LogP contribution in [-0.4, -0.2) is 7.11 Å². The van der Waals surface area contributed by atoms with Crippen molar-refractivity contribution >= 4 is 32.1 Å². The number of fused-ring (bicyclic) bond motifs is 1. The van der Waals surface area contributed by atoms with Crippen LogP contribution in [0.1, 0.15) is 22.0 Å². The van der Waals surface area contributed by atoms with Crippen molar-refractivity contribution in [2.75, 3.05) is 7.11 Å². The molecule has 0 bridgehead atoms. The molecule has 19 heavy (non-hydrogen) atoms. The van der Waals surface area contributed by atoms with E-state index in [1.165, 1.54) is 19.8 Å². The van der Waals surface area contributed by atoms with Crippen molar-refractivity contribution in [1.29, 1.82) is 0 Å². The summed E-state index contributed by atoms with van der Waals surface area (Å²) in [6.45, 7) is 2.07. The molecule has 1 aromatic carbocycles. The number of hydrogen-bond donors (Lipinski definition) is 1. The number of ether oxygens (including phenoxy) is 1. The summed E-state index contributed by atoms with van der Waals surface area (Å²) in [4.78, 5) is 1.19. The highest BCUT2D eigenvalue weighted by Crippen LogP contribution is 2.37. The van der Waals surface area contributed by atoms with Crippen LogP contribution in [0.2, 0.25) is 0 Å². The fraction of sp³-hybridized carbons (Fsp3) is 0.200. The molecule has 1 unspecified atom stereocenters. The molecule has 3 aromatic rings. The molecule has 0 radical (unpaired) electrons. The van der Waals surface area contributed by atoms with Gasteiger partial charge in [0.25, 0.3) is 0 Å². The molecule has 98 valence electrons. The van der Waals surface area contributed by atoms with Gasteiger partial charge in [0.1, 0.15) is 5.75 Å². The zero-order valence-corrected chi connectivity index (χ0v) is 12.5. The first-order valence-electron chi connectivity index (χ1n) is 6.06. The Morgan fingerprint density at radius 3 is 2.74 bits per heavy atom. The van der Waals surface area contributed by atoms with E-state index < -0.39 is 0 Å². The van der Waals surface area contributed by atoms with E-state index in [1.54, 1.807) is 29.8 Å². The molecule has 3 rings (SSSR count). The highest BCUT2D eigenvalue weighted by molar-refractivity contribution is 7.27. The summed E-state index contributed by atoms with van der Waals surface area (Å²) in [5.74, 6) is 0.856. The maximum absolute atomic E-state index is 6.42. The summed E-state index contributed by atoms with van der Waals surface area (Å²) in [7, 11) is 1.69. The second kappa shape index (κ2) is 4.96. The molecule has 4 heteroatoms. The molecule has 0 aliphatic heterocycles. The fourth-order valence-electron chi connectivity index (χ4n) is 2.19. The zero-order chi connectivity index (χ0) is 13.4. The molecule has 0 saturated carbocycles. The number of nitrogens with two attached hydrogens (primary N) is 1. The molecular weight excluding hydrogens is 274 g/mol. The highest BCUT2D eigenvalue weighted by atomic mass is 32.1. The molecule has 2 nitrogen and oxygen atoms in total. The second-order valence-corrected chi connectivity index (χ2v) is 6.58. The van der Waals surface area contributed by atoms with Crippen molar-refractivity contribution in [3.63, 3.8) is 0 Å². The normalized spacial score (nSPS) is 12.8. The van der Waals surface area contributed by atoms with Gasteiger partial charge in [-0.25, -0.2) is 0 Å². The average Bonchev–Trinajstić information content (AvgIpc) is 2.98. The van der Waals surface area contributed by atoms with E-state index in [1.807, 2.05) is 12.1 Å². The van der Waals surface area contributed by atoms with Crippen molar-refractivity contribution in [3.05, 3.63) is 51.7 Å². The molecule has 2 heterocycles. The van der Waals surface area contributed by atoms with E-state index in [0.717, 1.165) is 11.3 Å². The van der Waals surface area contributed by atoms with Gasteiger partial charge in [-0.3, -0.25) is 0 Å². The van der Waals surface area contributed by atoms with Gasteiger partial charge in [0.2, 0.25) is 0 Å². The Balaban J connectivity index is 2.05. The fourth-order valence-corrected chi connectivity index (χ4v) is 4.33. The topological polar surface area (TPSA) is 35.2 Å². The van der Waals surface area contributed by atoms with Crippen molar-refractivity contribution in [1.82, 2.24) is 0 Å². The third-order valence-corrected chi connectivity index (χ3v) is 5.36. The van der Waals surface area contributed by atoms with Crippen LogP contribution in [0.5, 0.6) is 5.75 Å². The van der Waals surface area contributed by atoms with Gasteiger partial charge in [-0.1, -0.05) is 17.7 Å². The van der Waals surface area contributed by atoms with Crippen LogP contribution in [0.25, 0.3) is 9.40 Å². The first-order valence-corrected chi connectivity index (χ1v) is 7.75. The Morgan fingerprint density at radius 2 is 2.00 bits per heavy atom. The summed E-state index contributed by atoms with van der Waals surface area (Å²) in [6.07, 6.45) is 0. The van der Waals surface area contributed by atoms with Crippen molar-refractivity contribution in [2.45, 2.75) is 13.0 Å². The molecule has 0 fully saturated rings. The number of benzene rings is 1. The van der Waals surface area contributed by atoms with Gasteiger partial charge in [0.05, 0.1) is 13.2 Å². The van der Waals surface area contributed by atoms with Gasteiger partial charge in [-0.2, -0.15) is 0 Å².